The Morgan fingerprint density at radius 1 is 1.15 bits per heavy atom. The number of anilines is 1. The van der Waals surface area contributed by atoms with Crippen molar-refractivity contribution in [2.24, 2.45) is 0 Å². The zero-order chi connectivity index (χ0) is 19.0. The van der Waals surface area contributed by atoms with Crippen LogP contribution in [0.4, 0.5) is 5.69 Å². The SMILES string of the molecule is Cc1ccn2cc(-c3ccc(NC(=O)Cc4c(C)noc4C)cc3)nc2c1. The van der Waals surface area contributed by atoms with E-state index in [2.05, 4.69) is 28.4 Å². The summed E-state index contributed by atoms with van der Waals surface area (Å²) in [6.07, 6.45) is 4.25. The van der Waals surface area contributed by atoms with Gasteiger partial charge in [0.1, 0.15) is 11.4 Å². The summed E-state index contributed by atoms with van der Waals surface area (Å²) in [5.74, 6) is 0.584. The summed E-state index contributed by atoms with van der Waals surface area (Å²) in [5, 5.41) is 6.79. The molecule has 0 saturated carbocycles. The summed E-state index contributed by atoms with van der Waals surface area (Å²) in [7, 11) is 0. The highest BCUT2D eigenvalue weighted by Crippen LogP contribution is 2.22. The number of pyridine rings is 1. The normalized spacial score (nSPS) is 11.1. The molecule has 0 atom stereocenters. The topological polar surface area (TPSA) is 72.4 Å². The number of fused-ring (bicyclic) bond motifs is 1. The van der Waals surface area contributed by atoms with Gasteiger partial charge in [-0.1, -0.05) is 17.3 Å². The van der Waals surface area contributed by atoms with Crippen LogP contribution in [-0.4, -0.2) is 20.4 Å². The first-order valence-electron chi connectivity index (χ1n) is 8.77. The van der Waals surface area contributed by atoms with Crippen molar-refractivity contribution >= 4 is 17.2 Å². The molecule has 0 spiro atoms. The number of aryl methyl sites for hydroxylation is 3. The number of carbonyl (C=O) groups excluding carboxylic acids is 1. The minimum absolute atomic E-state index is 0.0969. The third-order valence-corrected chi connectivity index (χ3v) is 4.60. The van der Waals surface area contributed by atoms with E-state index in [1.165, 1.54) is 5.56 Å². The lowest BCUT2D eigenvalue weighted by Gasteiger charge is -2.06. The lowest BCUT2D eigenvalue weighted by Crippen LogP contribution is -2.15. The van der Waals surface area contributed by atoms with E-state index in [-0.39, 0.29) is 12.3 Å². The molecule has 3 aromatic heterocycles. The number of hydrogen-bond donors (Lipinski definition) is 1. The first-order chi connectivity index (χ1) is 13.0. The van der Waals surface area contributed by atoms with Gasteiger partial charge in [-0.2, -0.15) is 0 Å². The lowest BCUT2D eigenvalue weighted by atomic mass is 10.1. The Hall–Kier alpha value is -3.41. The second-order valence-electron chi connectivity index (χ2n) is 6.70. The third-order valence-electron chi connectivity index (χ3n) is 4.60. The number of nitrogens with zero attached hydrogens (tertiary/aromatic N) is 3. The van der Waals surface area contributed by atoms with Crippen LogP contribution in [-0.2, 0) is 11.2 Å². The average molecular weight is 360 g/mol. The van der Waals surface area contributed by atoms with Gasteiger partial charge in [0.2, 0.25) is 5.91 Å². The van der Waals surface area contributed by atoms with Crippen LogP contribution in [0, 0.1) is 20.8 Å². The fraction of sp³-hybridized carbons (Fsp3) is 0.190. The van der Waals surface area contributed by atoms with Crippen LogP contribution in [0.3, 0.4) is 0 Å². The van der Waals surface area contributed by atoms with E-state index in [0.29, 0.717) is 5.76 Å². The Kier molecular flexibility index (Phi) is 4.24. The molecule has 1 N–H and O–H groups in total. The monoisotopic (exact) mass is 360 g/mol. The predicted molar refractivity (Wildman–Crippen MR) is 104 cm³/mol. The van der Waals surface area contributed by atoms with Gasteiger partial charge in [0.15, 0.2) is 0 Å². The number of nitrogens with one attached hydrogen (secondary N) is 1. The van der Waals surface area contributed by atoms with E-state index in [0.717, 1.165) is 33.8 Å². The molecule has 1 amide bonds. The van der Waals surface area contributed by atoms with Gasteiger partial charge >= 0.3 is 0 Å². The fourth-order valence-corrected chi connectivity index (χ4v) is 3.07. The zero-order valence-electron chi connectivity index (χ0n) is 15.5. The van der Waals surface area contributed by atoms with Crippen molar-refractivity contribution in [1.29, 1.82) is 0 Å². The van der Waals surface area contributed by atoms with Crippen molar-refractivity contribution in [3.8, 4) is 11.3 Å². The van der Waals surface area contributed by atoms with E-state index in [9.17, 15) is 4.79 Å². The van der Waals surface area contributed by atoms with Crippen molar-refractivity contribution in [2.75, 3.05) is 5.32 Å². The Balaban J connectivity index is 1.49. The Labute approximate surface area is 156 Å². The first kappa shape index (κ1) is 17.0. The number of hydrogen-bond acceptors (Lipinski definition) is 4. The number of amides is 1. The van der Waals surface area contributed by atoms with Crippen LogP contribution in [0.2, 0.25) is 0 Å². The zero-order valence-corrected chi connectivity index (χ0v) is 15.5. The molecule has 6 heteroatoms. The smallest absolute Gasteiger partial charge is 0.228 e. The van der Waals surface area contributed by atoms with Crippen LogP contribution in [0.1, 0.15) is 22.6 Å². The molecular formula is C21H20N4O2. The van der Waals surface area contributed by atoms with Gasteiger partial charge in [0.05, 0.1) is 17.8 Å². The van der Waals surface area contributed by atoms with Gasteiger partial charge in [0, 0.05) is 29.2 Å². The molecule has 0 fully saturated rings. The van der Waals surface area contributed by atoms with Crippen molar-refractivity contribution in [1.82, 2.24) is 14.5 Å². The molecule has 0 aliphatic rings. The molecule has 136 valence electrons. The summed E-state index contributed by atoms with van der Waals surface area (Å²) in [6.45, 7) is 5.70. The van der Waals surface area contributed by atoms with E-state index in [1.807, 2.05) is 61.0 Å². The van der Waals surface area contributed by atoms with Crippen molar-refractivity contribution < 1.29 is 9.32 Å². The molecular weight excluding hydrogens is 340 g/mol. The fourth-order valence-electron chi connectivity index (χ4n) is 3.07. The number of carbonyl (C=O) groups is 1. The summed E-state index contributed by atoms with van der Waals surface area (Å²) in [6, 6.07) is 11.8. The molecule has 0 aliphatic carbocycles. The number of rotatable bonds is 4. The maximum Gasteiger partial charge on any atom is 0.228 e. The third kappa shape index (κ3) is 3.46. The van der Waals surface area contributed by atoms with Crippen LogP contribution in [0.25, 0.3) is 16.9 Å². The second-order valence-corrected chi connectivity index (χ2v) is 6.70. The molecule has 6 nitrogen and oxygen atoms in total. The Bertz CT molecular complexity index is 1100. The van der Waals surface area contributed by atoms with Gasteiger partial charge in [-0.3, -0.25) is 4.79 Å². The van der Waals surface area contributed by atoms with Gasteiger partial charge < -0.3 is 14.2 Å². The highest BCUT2D eigenvalue weighted by atomic mass is 16.5. The quantitative estimate of drug-likeness (QED) is 0.595. The van der Waals surface area contributed by atoms with E-state index in [4.69, 9.17) is 4.52 Å². The van der Waals surface area contributed by atoms with Crippen molar-refractivity contribution in [2.45, 2.75) is 27.2 Å². The van der Waals surface area contributed by atoms with Gasteiger partial charge in [-0.25, -0.2) is 4.98 Å². The molecule has 0 saturated heterocycles. The molecule has 0 radical (unpaired) electrons. The van der Waals surface area contributed by atoms with Gasteiger partial charge in [-0.15, -0.1) is 0 Å². The second kappa shape index (κ2) is 6.72. The molecule has 0 bridgehead atoms. The summed E-state index contributed by atoms with van der Waals surface area (Å²) in [5.41, 5.74) is 6.33. The molecule has 1 aromatic carbocycles. The number of aromatic nitrogens is 3. The minimum atomic E-state index is -0.0969. The highest BCUT2D eigenvalue weighted by molar-refractivity contribution is 5.92. The van der Waals surface area contributed by atoms with Crippen LogP contribution >= 0.6 is 0 Å². The van der Waals surface area contributed by atoms with E-state index >= 15 is 0 Å². The molecule has 3 heterocycles. The number of benzene rings is 1. The number of imidazole rings is 1. The highest BCUT2D eigenvalue weighted by Gasteiger charge is 2.13. The molecule has 0 unspecified atom stereocenters. The summed E-state index contributed by atoms with van der Waals surface area (Å²) < 4.78 is 7.11. The van der Waals surface area contributed by atoms with Crippen LogP contribution in [0.15, 0.2) is 53.3 Å². The van der Waals surface area contributed by atoms with Gasteiger partial charge in [-0.05, 0) is 50.6 Å². The van der Waals surface area contributed by atoms with Crippen molar-refractivity contribution in [3.05, 3.63) is 71.4 Å². The van der Waals surface area contributed by atoms with Crippen LogP contribution in [0.5, 0.6) is 0 Å². The predicted octanol–water partition coefficient (Wildman–Crippen LogP) is 4.10. The summed E-state index contributed by atoms with van der Waals surface area (Å²) >= 11 is 0. The van der Waals surface area contributed by atoms with Crippen LogP contribution < -0.4 is 5.32 Å². The lowest BCUT2D eigenvalue weighted by molar-refractivity contribution is -0.115. The maximum absolute atomic E-state index is 12.3. The van der Waals surface area contributed by atoms with Crippen molar-refractivity contribution in [3.63, 3.8) is 0 Å². The maximum atomic E-state index is 12.3. The molecule has 0 aliphatic heterocycles. The molecule has 27 heavy (non-hydrogen) atoms. The minimum Gasteiger partial charge on any atom is -0.361 e. The Morgan fingerprint density at radius 2 is 1.93 bits per heavy atom. The van der Waals surface area contributed by atoms with Gasteiger partial charge in [0.25, 0.3) is 0 Å². The van der Waals surface area contributed by atoms with E-state index in [1.54, 1.807) is 0 Å². The summed E-state index contributed by atoms with van der Waals surface area (Å²) in [4.78, 5) is 17.0. The largest absolute Gasteiger partial charge is 0.361 e. The first-order valence-corrected chi connectivity index (χ1v) is 8.77. The standard InChI is InChI=1S/C21H20N4O2/c1-13-8-9-25-12-19(23-20(25)10-13)16-4-6-17(7-5-16)22-21(26)11-18-14(2)24-27-15(18)3/h4-10,12H,11H2,1-3H3,(H,22,26). The van der Waals surface area contributed by atoms with E-state index < -0.39 is 0 Å². The molecule has 4 rings (SSSR count). The Morgan fingerprint density at radius 3 is 2.63 bits per heavy atom. The molecule has 4 aromatic rings. The average Bonchev–Trinajstić information content (AvgIpc) is 3.20.